The van der Waals surface area contributed by atoms with Crippen molar-refractivity contribution in [3.8, 4) is 0 Å². The van der Waals surface area contributed by atoms with Crippen LogP contribution in [0.3, 0.4) is 0 Å². The van der Waals surface area contributed by atoms with Gasteiger partial charge in [-0.25, -0.2) is 0 Å². The van der Waals surface area contributed by atoms with Crippen molar-refractivity contribution in [1.82, 2.24) is 0 Å². The van der Waals surface area contributed by atoms with Crippen LogP contribution in [0.4, 0.5) is 0 Å². The molecule has 1 radical (unpaired) electrons. The van der Waals surface area contributed by atoms with Gasteiger partial charge in [-0.05, 0) is 42.5 Å². The van der Waals surface area contributed by atoms with Crippen LogP contribution in [0, 0.1) is 13.0 Å². The molecule has 1 aromatic rings. The lowest BCUT2D eigenvalue weighted by atomic mass is 10.0. The van der Waals surface area contributed by atoms with Crippen molar-refractivity contribution < 1.29 is 0 Å². The summed E-state index contributed by atoms with van der Waals surface area (Å²) in [5.41, 5.74) is 4.14. The summed E-state index contributed by atoms with van der Waals surface area (Å²) < 4.78 is 0. The Bertz CT molecular complexity index is 236. The van der Waals surface area contributed by atoms with E-state index >= 15 is 0 Å². The van der Waals surface area contributed by atoms with Crippen molar-refractivity contribution in [2.75, 3.05) is 0 Å². The minimum atomic E-state index is 1.09. The van der Waals surface area contributed by atoms with Gasteiger partial charge in [0.1, 0.15) is 0 Å². The Labute approximate surface area is 69.3 Å². The maximum atomic E-state index is 3.28. The van der Waals surface area contributed by atoms with Gasteiger partial charge in [0, 0.05) is 0 Å². The summed E-state index contributed by atoms with van der Waals surface area (Å²) in [7, 11) is 0. The number of hydrogen-bond acceptors (Lipinski definition) is 0. The third-order valence-electron chi connectivity index (χ3n) is 2.09. The normalized spacial score (nSPS) is 10.1. The second-order valence-electron chi connectivity index (χ2n) is 2.87. The molecule has 0 spiro atoms. The van der Waals surface area contributed by atoms with Gasteiger partial charge in [0.05, 0.1) is 0 Å². The molecule has 0 nitrogen and oxygen atoms in total. The SMILES string of the molecule is CCc1[c]cc(CC)c(C)c1. The smallest absolute Gasteiger partial charge is 0.0146 e. The van der Waals surface area contributed by atoms with Gasteiger partial charge < -0.3 is 0 Å². The van der Waals surface area contributed by atoms with Crippen molar-refractivity contribution in [1.29, 1.82) is 0 Å². The molecule has 0 fully saturated rings. The van der Waals surface area contributed by atoms with E-state index < -0.39 is 0 Å². The summed E-state index contributed by atoms with van der Waals surface area (Å²) in [4.78, 5) is 0. The quantitative estimate of drug-likeness (QED) is 0.603. The molecule has 1 aromatic carbocycles. The third-order valence-corrected chi connectivity index (χ3v) is 2.09. The predicted molar refractivity (Wildman–Crippen MR) is 48.8 cm³/mol. The number of hydrogen-bond donors (Lipinski definition) is 0. The largest absolute Gasteiger partial charge is 0.0613 e. The molecule has 11 heavy (non-hydrogen) atoms. The molecule has 0 heteroatoms. The molecule has 0 amide bonds. The van der Waals surface area contributed by atoms with E-state index in [9.17, 15) is 0 Å². The molecule has 0 unspecified atom stereocenters. The van der Waals surface area contributed by atoms with E-state index in [4.69, 9.17) is 0 Å². The fourth-order valence-corrected chi connectivity index (χ4v) is 1.27. The van der Waals surface area contributed by atoms with E-state index in [-0.39, 0.29) is 0 Å². The first-order valence-electron chi connectivity index (χ1n) is 4.28. The fourth-order valence-electron chi connectivity index (χ4n) is 1.27. The van der Waals surface area contributed by atoms with Gasteiger partial charge in [0.2, 0.25) is 0 Å². The van der Waals surface area contributed by atoms with Crippen molar-refractivity contribution in [3.63, 3.8) is 0 Å². The molecule has 0 aromatic heterocycles. The van der Waals surface area contributed by atoms with Crippen LogP contribution in [0.5, 0.6) is 0 Å². The van der Waals surface area contributed by atoms with E-state index in [1.807, 2.05) is 0 Å². The van der Waals surface area contributed by atoms with E-state index in [1.54, 1.807) is 0 Å². The summed E-state index contributed by atoms with van der Waals surface area (Å²) in [6.07, 6.45) is 2.21. The molecule has 0 aliphatic carbocycles. The fraction of sp³-hybridized carbons (Fsp3) is 0.455. The first kappa shape index (κ1) is 8.32. The lowest BCUT2D eigenvalue weighted by Crippen LogP contribution is -1.89. The summed E-state index contributed by atoms with van der Waals surface area (Å²) in [6.45, 7) is 6.52. The Morgan fingerprint density at radius 3 is 2.45 bits per heavy atom. The van der Waals surface area contributed by atoms with Gasteiger partial charge in [-0.3, -0.25) is 0 Å². The number of rotatable bonds is 2. The molecule has 59 valence electrons. The van der Waals surface area contributed by atoms with Crippen molar-refractivity contribution in [2.24, 2.45) is 0 Å². The highest BCUT2D eigenvalue weighted by molar-refractivity contribution is 5.29. The zero-order chi connectivity index (χ0) is 8.27. The van der Waals surface area contributed by atoms with E-state index in [2.05, 4.69) is 39.0 Å². The summed E-state index contributed by atoms with van der Waals surface area (Å²) in [5, 5.41) is 0. The Morgan fingerprint density at radius 1 is 1.27 bits per heavy atom. The molecule has 0 heterocycles. The molecule has 0 saturated carbocycles. The van der Waals surface area contributed by atoms with Crippen molar-refractivity contribution in [3.05, 3.63) is 34.9 Å². The monoisotopic (exact) mass is 147 g/mol. The van der Waals surface area contributed by atoms with Crippen LogP contribution < -0.4 is 0 Å². The first-order chi connectivity index (χ1) is 5.27. The minimum Gasteiger partial charge on any atom is -0.0613 e. The van der Waals surface area contributed by atoms with Gasteiger partial charge in [0.15, 0.2) is 0 Å². The number of benzene rings is 1. The second-order valence-corrected chi connectivity index (χ2v) is 2.87. The zero-order valence-corrected chi connectivity index (χ0v) is 7.57. The highest BCUT2D eigenvalue weighted by Crippen LogP contribution is 2.11. The minimum absolute atomic E-state index is 1.09. The number of aryl methyl sites for hydroxylation is 3. The van der Waals surface area contributed by atoms with E-state index in [0.29, 0.717) is 0 Å². The zero-order valence-electron chi connectivity index (χ0n) is 7.57. The predicted octanol–water partition coefficient (Wildman–Crippen LogP) is 2.92. The summed E-state index contributed by atoms with van der Waals surface area (Å²) in [5.74, 6) is 0. The van der Waals surface area contributed by atoms with Gasteiger partial charge in [-0.2, -0.15) is 0 Å². The molecule has 0 atom stereocenters. The molecule has 0 aliphatic heterocycles. The van der Waals surface area contributed by atoms with Crippen LogP contribution in [0.25, 0.3) is 0 Å². The standard InChI is InChI=1S/C11H15/c1-4-10-6-7-11(5-2)9(3)8-10/h7-8H,4-5H2,1-3H3. The summed E-state index contributed by atoms with van der Waals surface area (Å²) >= 11 is 0. The maximum Gasteiger partial charge on any atom is -0.0146 e. The van der Waals surface area contributed by atoms with Crippen LogP contribution in [-0.2, 0) is 12.8 Å². The summed E-state index contributed by atoms with van der Waals surface area (Å²) in [6, 6.07) is 7.63. The Balaban J connectivity index is 2.99. The molecule has 0 aliphatic rings. The van der Waals surface area contributed by atoms with Crippen LogP contribution in [0.1, 0.15) is 30.5 Å². The molecule has 0 bridgehead atoms. The molecule has 1 rings (SSSR count). The lowest BCUT2D eigenvalue weighted by molar-refractivity contribution is 1.07. The van der Waals surface area contributed by atoms with Crippen LogP contribution >= 0.6 is 0 Å². The second kappa shape index (κ2) is 3.56. The highest BCUT2D eigenvalue weighted by atomic mass is 14.0. The first-order valence-corrected chi connectivity index (χ1v) is 4.28. The topological polar surface area (TPSA) is 0 Å². The maximum absolute atomic E-state index is 3.28. The Kier molecular flexibility index (Phi) is 2.70. The van der Waals surface area contributed by atoms with Crippen LogP contribution in [0.15, 0.2) is 12.1 Å². The average Bonchev–Trinajstić information content (AvgIpc) is 2.04. The molecular weight excluding hydrogens is 132 g/mol. The van der Waals surface area contributed by atoms with E-state index in [1.165, 1.54) is 16.7 Å². The van der Waals surface area contributed by atoms with E-state index in [0.717, 1.165) is 12.8 Å². The third kappa shape index (κ3) is 1.83. The molecule has 0 N–H and O–H groups in total. The van der Waals surface area contributed by atoms with Gasteiger partial charge in [-0.15, -0.1) is 0 Å². The van der Waals surface area contributed by atoms with Crippen LogP contribution in [0.2, 0.25) is 0 Å². The van der Waals surface area contributed by atoms with Crippen molar-refractivity contribution >= 4 is 0 Å². The lowest BCUT2D eigenvalue weighted by Gasteiger charge is -2.03. The Morgan fingerprint density at radius 2 is 2.00 bits per heavy atom. The molecule has 0 saturated heterocycles. The van der Waals surface area contributed by atoms with Gasteiger partial charge >= 0.3 is 0 Å². The molecular formula is C11H15. The van der Waals surface area contributed by atoms with Gasteiger partial charge in [-0.1, -0.05) is 26.0 Å². The van der Waals surface area contributed by atoms with Crippen molar-refractivity contribution in [2.45, 2.75) is 33.6 Å². The Hall–Kier alpha value is -0.780. The van der Waals surface area contributed by atoms with Crippen LogP contribution in [-0.4, -0.2) is 0 Å². The average molecular weight is 147 g/mol. The van der Waals surface area contributed by atoms with Gasteiger partial charge in [0.25, 0.3) is 0 Å². The highest BCUT2D eigenvalue weighted by Gasteiger charge is 1.95.